The van der Waals surface area contributed by atoms with Gasteiger partial charge in [-0.3, -0.25) is 14.6 Å². The molecule has 0 aliphatic heterocycles. The van der Waals surface area contributed by atoms with Crippen molar-refractivity contribution < 1.29 is 18.0 Å². The molecular weight excluding hydrogens is 342 g/mol. The van der Waals surface area contributed by atoms with E-state index in [-0.39, 0.29) is 38.6 Å². The van der Waals surface area contributed by atoms with Crippen LogP contribution in [0.5, 0.6) is 0 Å². The van der Waals surface area contributed by atoms with E-state index in [1.54, 1.807) is 0 Å². The van der Waals surface area contributed by atoms with E-state index in [1.807, 2.05) is 0 Å². The third kappa shape index (κ3) is 2.59. The SMILES string of the molecule is O=C(Nc1ccc2c(=O)c3cccc(F)c3oc2c1)c1ccncc1F. The lowest BCUT2D eigenvalue weighted by molar-refractivity contribution is 0.102. The Labute approximate surface area is 144 Å². The topological polar surface area (TPSA) is 72.2 Å². The summed E-state index contributed by atoms with van der Waals surface area (Å²) in [6.07, 6.45) is 2.23. The first-order valence-corrected chi connectivity index (χ1v) is 7.60. The number of hydrogen-bond acceptors (Lipinski definition) is 4. The Balaban J connectivity index is 1.79. The van der Waals surface area contributed by atoms with E-state index in [1.165, 1.54) is 48.7 Å². The van der Waals surface area contributed by atoms with Gasteiger partial charge in [0.25, 0.3) is 5.91 Å². The number of rotatable bonds is 2. The summed E-state index contributed by atoms with van der Waals surface area (Å²) in [5.41, 5.74) is -0.322. The smallest absolute Gasteiger partial charge is 0.258 e. The van der Waals surface area contributed by atoms with Crippen LogP contribution in [-0.4, -0.2) is 10.9 Å². The highest BCUT2D eigenvalue weighted by Crippen LogP contribution is 2.23. The number of anilines is 1. The highest BCUT2D eigenvalue weighted by atomic mass is 19.1. The average Bonchev–Trinajstić information content (AvgIpc) is 2.63. The number of nitrogens with zero attached hydrogens (tertiary/aromatic N) is 1. The molecule has 2 aromatic carbocycles. The molecule has 4 rings (SSSR count). The van der Waals surface area contributed by atoms with Crippen LogP contribution in [-0.2, 0) is 0 Å². The lowest BCUT2D eigenvalue weighted by atomic mass is 10.1. The second-order valence-corrected chi connectivity index (χ2v) is 5.57. The molecule has 4 aromatic rings. The number of fused-ring (bicyclic) bond motifs is 2. The molecule has 2 aromatic heterocycles. The minimum atomic E-state index is -0.759. The fourth-order valence-corrected chi connectivity index (χ4v) is 2.68. The van der Waals surface area contributed by atoms with Crippen molar-refractivity contribution in [2.75, 3.05) is 5.32 Å². The van der Waals surface area contributed by atoms with Crippen LogP contribution in [0.4, 0.5) is 14.5 Å². The van der Waals surface area contributed by atoms with Crippen molar-refractivity contribution in [3.63, 3.8) is 0 Å². The average molecular weight is 352 g/mol. The standard InChI is InChI=1S/C19H10F2N2O3/c20-14-3-1-2-13-17(24)12-5-4-10(8-16(12)26-18(13)14)23-19(25)11-6-7-22-9-15(11)21/h1-9H,(H,23,25). The molecule has 0 radical (unpaired) electrons. The Kier molecular flexibility index (Phi) is 3.69. The highest BCUT2D eigenvalue weighted by molar-refractivity contribution is 6.05. The van der Waals surface area contributed by atoms with E-state index < -0.39 is 17.5 Å². The molecule has 1 amide bonds. The molecule has 26 heavy (non-hydrogen) atoms. The number of hydrogen-bond donors (Lipinski definition) is 1. The highest BCUT2D eigenvalue weighted by Gasteiger charge is 2.14. The third-order valence-electron chi connectivity index (χ3n) is 3.92. The molecule has 2 heterocycles. The van der Waals surface area contributed by atoms with E-state index >= 15 is 0 Å². The molecule has 128 valence electrons. The maximum absolute atomic E-state index is 13.9. The molecular formula is C19H10F2N2O3. The summed E-state index contributed by atoms with van der Waals surface area (Å²) in [6.45, 7) is 0. The Morgan fingerprint density at radius 2 is 1.88 bits per heavy atom. The van der Waals surface area contributed by atoms with Crippen LogP contribution in [0.15, 0.2) is 64.1 Å². The minimum absolute atomic E-state index is 0.112. The summed E-state index contributed by atoms with van der Waals surface area (Å²) < 4.78 is 33.1. The largest absolute Gasteiger partial charge is 0.453 e. The zero-order chi connectivity index (χ0) is 18.3. The van der Waals surface area contributed by atoms with Gasteiger partial charge in [-0.15, -0.1) is 0 Å². The lowest BCUT2D eigenvalue weighted by Crippen LogP contribution is -2.14. The van der Waals surface area contributed by atoms with E-state index in [9.17, 15) is 18.4 Å². The Bertz CT molecular complexity index is 1230. The van der Waals surface area contributed by atoms with Crippen molar-refractivity contribution in [1.82, 2.24) is 4.98 Å². The quantitative estimate of drug-likeness (QED) is 0.556. The van der Waals surface area contributed by atoms with Crippen molar-refractivity contribution in [1.29, 1.82) is 0 Å². The van der Waals surface area contributed by atoms with Gasteiger partial charge >= 0.3 is 0 Å². The Hall–Kier alpha value is -3.61. The van der Waals surface area contributed by atoms with Crippen molar-refractivity contribution in [2.45, 2.75) is 0 Å². The maximum Gasteiger partial charge on any atom is 0.258 e. The van der Waals surface area contributed by atoms with Crippen molar-refractivity contribution in [3.05, 3.63) is 82.3 Å². The van der Waals surface area contributed by atoms with Gasteiger partial charge in [-0.2, -0.15) is 0 Å². The van der Waals surface area contributed by atoms with Gasteiger partial charge in [-0.1, -0.05) is 6.07 Å². The molecule has 0 fully saturated rings. The first kappa shape index (κ1) is 15.9. The van der Waals surface area contributed by atoms with Gasteiger partial charge in [-0.25, -0.2) is 8.78 Å². The van der Waals surface area contributed by atoms with Crippen molar-refractivity contribution in [2.24, 2.45) is 0 Å². The summed E-state index contributed by atoms with van der Waals surface area (Å²) in [6, 6.07) is 9.68. The summed E-state index contributed by atoms with van der Waals surface area (Å²) in [5, 5.41) is 2.89. The van der Waals surface area contributed by atoms with E-state index in [2.05, 4.69) is 10.3 Å². The van der Waals surface area contributed by atoms with Crippen LogP contribution in [0.3, 0.4) is 0 Å². The first-order chi connectivity index (χ1) is 12.5. The number of amides is 1. The number of para-hydroxylation sites is 1. The zero-order valence-electron chi connectivity index (χ0n) is 13.1. The van der Waals surface area contributed by atoms with Crippen LogP contribution in [0.2, 0.25) is 0 Å². The van der Waals surface area contributed by atoms with Gasteiger partial charge in [0.05, 0.1) is 22.5 Å². The van der Waals surface area contributed by atoms with E-state index in [0.29, 0.717) is 0 Å². The van der Waals surface area contributed by atoms with Crippen LogP contribution in [0, 0.1) is 11.6 Å². The summed E-state index contributed by atoms with van der Waals surface area (Å²) in [4.78, 5) is 28.2. The number of halogens is 2. The molecule has 1 N–H and O–H groups in total. The molecule has 0 bridgehead atoms. The van der Waals surface area contributed by atoms with E-state index in [4.69, 9.17) is 4.42 Å². The first-order valence-electron chi connectivity index (χ1n) is 7.60. The van der Waals surface area contributed by atoms with E-state index in [0.717, 1.165) is 6.20 Å². The van der Waals surface area contributed by atoms with Crippen molar-refractivity contribution >= 4 is 33.5 Å². The fraction of sp³-hybridized carbons (Fsp3) is 0. The monoisotopic (exact) mass is 352 g/mol. The normalized spacial score (nSPS) is 11.0. The Morgan fingerprint density at radius 1 is 1.04 bits per heavy atom. The molecule has 0 saturated heterocycles. The molecule has 5 nitrogen and oxygen atoms in total. The van der Waals surface area contributed by atoms with Crippen molar-refractivity contribution in [3.8, 4) is 0 Å². The predicted molar refractivity (Wildman–Crippen MR) is 92.1 cm³/mol. The van der Waals surface area contributed by atoms with Gasteiger partial charge in [0.1, 0.15) is 5.58 Å². The summed E-state index contributed by atoms with van der Waals surface area (Å²) >= 11 is 0. The molecule has 0 unspecified atom stereocenters. The minimum Gasteiger partial charge on any atom is -0.453 e. The van der Waals surface area contributed by atoms with Gasteiger partial charge in [0.2, 0.25) is 5.43 Å². The predicted octanol–water partition coefficient (Wildman–Crippen LogP) is 3.87. The second-order valence-electron chi connectivity index (χ2n) is 5.57. The van der Waals surface area contributed by atoms with Crippen LogP contribution in [0.25, 0.3) is 21.9 Å². The number of carbonyl (C=O) groups is 1. The molecule has 0 spiro atoms. The number of carbonyl (C=O) groups excluding carboxylic acids is 1. The second kappa shape index (κ2) is 6.03. The molecule has 0 aliphatic carbocycles. The zero-order valence-corrected chi connectivity index (χ0v) is 13.1. The molecule has 0 saturated carbocycles. The number of nitrogens with one attached hydrogen (secondary N) is 1. The molecule has 7 heteroatoms. The molecule has 0 aliphatic rings. The number of pyridine rings is 1. The van der Waals surface area contributed by atoms with Crippen LogP contribution in [0.1, 0.15) is 10.4 Å². The van der Waals surface area contributed by atoms with Gasteiger partial charge in [-0.05, 0) is 30.3 Å². The van der Waals surface area contributed by atoms with Crippen LogP contribution >= 0.6 is 0 Å². The van der Waals surface area contributed by atoms with Crippen LogP contribution < -0.4 is 10.7 Å². The number of aromatic nitrogens is 1. The van der Waals surface area contributed by atoms with Gasteiger partial charge < -0.3 is 9.73 Å². The Morgan fingerprint density at radius 3 is 2.69 bits per heavy atom. The fourth-order valence-electron chi connectivity index (χ4n) is 2.68. The van der Waals surface area contributed by atoms with Gasteiger partial charge in [0, 0.05) is 18.0 Å². The third-order valence-corrected chi connectivity index (χ3v) is 3.92. The summed E-state index contributed by atoms with van der Waals surface area (Å²) in [7, 11) is 0. The lowest BCUT2D eigenvalue weighted by Gasteiger charge is -2.07. The number of benzene rings is 2. The maximum atomic E-state index is 13.9. The molecule has 0 atom stereocenters. The summed E-state index contributed by atoms with van der Waals surface area (Å²) in [5.74, 6) is -2.10. The van der Waals surface area contributed by atoms with Gasteiger partial charge in [0.15, 0.2) is 17.2 Å².